The highest BCUT2D eigenvalue weighted by molar-refractivity contribution is 8.93. The lowest BCUT2D eigenvalue weighted by molar-refractivity contribution is 1.75. The second kappa shape index (κ2) is 7.61. The van der Waals surface area contributed by atoms with E-state index >= 15 is 0 Å². The van der Waals surface area contributed by atoms with Crippen LogP contribution in [0.15, 0.2) is 97.1 Å². The minimum absolute atomic E-state index is 0. The maximum atomic E-state index is 2.12. The summed E-state index contributed by atoms with van der Waals surface area (Å²) >= 11 is 0. The molecule has 1 heteroatoms. The molecule has 0 saturated carbocycles. The van der Waals surface area contributed by atoms with Gasteiger partial charge in [-0.2, -0.15) is 0 Å². The summed E-state index contributed by atoms with van der Waals surface area (Å²) in [4.78, 5) is 0. The standard InChI is InChI=1S/2C10H8.BrH/c2*1-2-6-10-8-4-3-7-9(10)5-1;/h2*1-8H;1H. The maximum absolute atomic E-state index is 2.12. The molecular formula is C20H17Br. The predicted molar refractivity (Wildman–Crippen MR) is 98.2 cm³/mol. The van der Waals surface area contributed by atoms with Crippen LogP contribution in [0.1, 0.15) is 0 Å². The van der Waals surface area contributed by atoms with Crippen molar-refractivity contribution < 1.29 is 0 Å². The fraction of sp³-hybridized carbons (Fsp3) is 0. The predicted octanol–water partition coefficient (Wildman–Crippen LogP) is 6.26. The maximum Gasteiger partial charge on any atom is -0.0184 e. The topological polar surface area (TPSA) is 0 Å². The molecule has 0 amide bonds. The number of rotatable bonds is 0. The summed E-state index contributed by atoms with van der Waals surface area (Å²) in [5, 5.41) is 5.24. The highest BCUT2D eigenvalue weighted by Crippen LogP contribution is 2.11. The molecule has 4 aromatic rings. The molecule has 4 rings (SSSR count). The molecule has 0 radical (unpaired) electrons. The second-order valence-corrected chi connectivity index (χ2v) is 4.69. The van der Waals surface area contributed by atoms with Crippen LogP contribution < -0.4 is 0 Å². The highest BCUT2D eigenvalue weighted by atomic mass is 79.9. The lowest BCUT2D eigenvalue weighted by Gasteiger charge is -1.92. The fourth-order valence-corrected chi connectivity index (χ4v) is 2.27. The first-order chi connectivity index (χ1) is 9.93. The third-order valence-corrected chi connectivity index (χ3v) is 3.32. The van der Waals surface area contributed by atoms with Crippen molar-refractivity contribution in [2.45, 2.75) is 0 Å². The Morgan fingerprint density at radius 3 is 0.571 bits per heavy atom. The van der Waals surface area contributed by atoms with Crippen LogP contribution in [-0.4, -0.2) is 0 Å². The van der Waals surface area contributed by atoms with Gasteiger partial charge in [0.05, 0.1) is 0 Å². The van der Waals surface area contributed by atoms with Crippen LogP contribution in [0.3, 0.4) is 0 Å². The lowest BCUT2D eigenvalue weighted by atomic mass is 10.1. The number of benzene rings is 4. The van der Waals surface area contributed by atoms with Gasteiger partial charge in [0.2, 0.25) is 0 Å². The van der Waals surface area contributed by atoms with Crippen molar-refractivity contribution in [3.63, 3.8) is 0 Å². The van der Waals surface area contributed by atoms with Gasteiger partial charge in [-0.3, -0.25) is 0 Å². The van der Waals surface area contributed by atoms with E-state index in [2.05, 4.69) is 97.1 Å². The van der Waals surface area contributed by atoms with Crippen LogP contribution in [-0.2, 0) is 0 Å². The molecule has 0 fully saturated rings. The molecule has 0 spiro atoms. The van der Waals surface area contributed by atoms with E-state index in [-0.39, 0.29) is 17.0 Å². The van der Waals surface area contributed by atoms with Gasteiger partial charge in [0, 0.05) is 0 Å². The average molecular weight is 337 g/mol. The number of fused-ring (bicyclic) bond motifs is 2. The van der Waals surface area contributed by atoms with E-state index in [1.807, 2.05) is 0 Å². The van der Waals surface area contributed by atoms with Gasteiger partial charge in [-0.25, -0.2) is 0 Å². The van der Waals surface area contributed by atoms with Crippen LogP contribution >= 0.6 is 17.0 Å². The first-order valence-corrected chi connectivity index (χ1v) is 6.81. The van der Waals surface area contributed by atoms with E-state index < -0.39 is 0 Å². The fourth-order valence-electron chi connectivity index (χ4n) is 2.27. The third-order valence-electron chi connectivity index (χ3n) is 3.32. The van der Waals surface area contributed by atoms with Crippen molar-refractivity contribution in [3.05, 3.63) is 97.1 Å². The molecular weight excluding hydrogens is 320 g/mol. The minimum Gasteiger partial charge on any atom is -0.114 e. The molecule has 104 valence electrons. The monoisotopic (exact) mass is 336 g/mol. The van der Waals surface area contributed by atoms with Crippen LogP contribution in [0.5, 0.6) is 0 Å². The second-order valence-electron chi connectivity index (χ2n) is 4.69. The van der Waals surface area contributed by atoms with Crippen molar-refractivity contribution in [3.8, 4) is 0 Å². The Hall–Kier alpha value is -2.12. The van der Waals surface area contributed by atoms with Gasteiger partial charge in [-0.1, -0.05) is 97.1 Å². The van der Waals surface area contributed by atoms with E-state index in [1.54, 1.807) is 0 Å². The van der Waals surface area contributed by atoms with Gasteiger partial charge in [0.25, 0.3) is 0 Å². The summed E-state index contributed by atoms with van der Waals surface area (Å²) in [6.07, 6.45) is 0. The molecule has 0 atom stereocenters. The van der Waals surface area contributed by atoms with E-state index in [4.69, 9.17) is 0 Å². The molecule has 0 aliphatic rings. The summed E-state index contributed by atoms with van der Waals surface area (Å²) < 4.78 is 0. The van der Waals surface area contributed by atoms with Crippen molar-refractivity contribution in [2.75, 3.05) is 0 Å². The van der Waals surface area contributed by atoms with E-state index in [1.165, 1.54) is 21.5 Å². The molecule has 0 bridgehead atoms. The first-order valence-electron chi connectivity index (χ1n) is 6.81. The Morgan fingerprint density at radius 2 is 0.429 bits per heavy atom. The van der Waals surface area contributed by atoms with E-state index in [0.717, 1.165) is 0 Å². The molecule has 0 aromatic heterocycles. The number of hydrogen-bond donors (Lipinski definition) is 0. The SMILES string of the molecule is Br.c1ccc2ccccc2c1.c1ccc2ccccc2c1. The Kier molecular flexibility index (Phi) is 5.53. The van der Waals surface area contributed by atoms with Crippen molar-refractivity contribution in [2.24, 2.45) is 0 Å². The lowest BCUT2D eigenvalue weighted by Crippen LogP contribution is -1.67. The Morgan fingerprint density at radius 1 is 0.286 bits per heavy atom. The van der Waals surface area contributed by atoms with Crippen LogP contribution in [0.25, 0.3) is 21.5 Å². The van der Waals surface area contributed by atoms with Gasteiger partial charge in [0.1, 0.15) is 0 Å². The van der Waals surface area contributed by atoms with Gasteiger partial charge >= 0.3 is 0 Å². The minimum atomic E-state index is 0. The van der Waals surface area contributed by atoms with E-state index in [0.29, 0.717) is 0 Å². The van der Waals surface area contributed by atoms with Crippen LogP contribution in [0, 0.1) is 0 Å². The molecule has 4 aromatic carbocycles. The Balaban J connectivity index is 0.000000147. The molecule has 0 heterocycles. The quantitative estimate of drug-likeness (QED) is 0.355. The van der Waals surface area contributed by atoms with E-state index in [9.17, 15) is 0 Å². The molecule has 0 nitrogen and oxygen atoms in total. The third kappa shape index (κ3) is 3.93. The number of halogens is 1. The zero-order chi connectivity index (χ0) is 13.6. The van der Waals surface area contributed by atoms with Gasteiger partial charge in [-0.05, 0) is 21.5 Å². The molecule has 21 heavy (non-hydrogen) atoms. The summed E-state index contributed by atoms with van der Waals surface area (Å²) in [7, 11) is 0. The summed E-state index contributed by atoms with van der Waals surface area (Å²) in [6.45, 7) is 0. The molecule has 0 saturated heterocycles. The zero-order valence-corrected chi connectivity index (χ0v) is 13.4. The largest absolute Gasteiger partial charge is 0.114 e. The van der Waals surface area contributed by atoms with Gasteiger partial charge in [0.15, 0.2) is 0 Å². The highest BCUT2D eigenvalue weighted by Gasteiger charge is 1.86. The first kappa shape index (κ1) is 15.3. The van der Waals surface area contributed by atoms with Crippen molar-refractivity contribution in [1.29, 1.82) is 0 Å². The molecule has 0 N–H and O–H groups in total. The summed E-state index contributed by atoms with van der Waals surface area (Å²) in [6, 6.07) is 33.4. The Bertz CT molecular complexity index is 619. The van der Waals surface area contributed by atoms with Gasteiger partial charge in [-0.15, -0.1) is 17.0 Å². The van der Waals surface area contributed by atoms with Gasteiger partial charge < -0.3 is 0 Å². The Labute approximate surface area is 135 Å². The van der Waals surface area contributed by atoms with Crippen LogP contribution in [0.4, 0.5) is 0 Å². The normalized spacial score (nSPS) is 9.52. The average Bonchev–Trinajstić information content (AvgIpc) is 2.56. The number of hydrogen-bond acceptors (Lipinski definition) is 0. The van der Waals surface area contributed by atoms with Crippen LogP contribution in [0.2, 0.25) is 0 Å². The molecule has 0 aliphatic carbocycles. The molecule has 0 aliphatic heterocycles. The summed E-state index contributed by atoms with van der Waals surface area (Å²) in [5.41, 5.74) is 0. The van der Waals surface area contributed by atoms with Crippen molar-refractivity contribution >= 4 is 38.5 Å². The summed E-state index contributed by atoms with van der Waals surface area (Å²) in [5.74, 6) is 0. The zero-order valence-electron chi connectivity index (χ0n) is 11.6. The van der Waals surface area contributed by atoms with Crippen molar-refractivity contribution in [1.82, 2.24) is 0 Å². The molecule has 0 unspecified atom stereocenters. The smallest absolute Gasteiger partial charge is 0.0184 e.